The van der Waals surface area contributed by atoms with E-state index < -0.39 is 0 Å². The van der Waals surface area contributed by atoms with Crippen LogP contribution in [0.15, 0.2) is 82.6 Å². The number of carbonyl (C=O) groups is 1. The number of nitrogens with zero attached hydrogens (tertiary/aromatic N) is 3. The van der Waals surface area contributed by atoms with Gasteiger partial charge in [-0.1, -0.05) is 66.4 Å². The number of anilines is 1. The Morgan fingerprint density at radius 3 is 2.66 bits per heavy atom. The van der Waals surface area contributed by atoms with Gasteiger partial charge < -0.3 is 4.57 Å². The number of fused-ring (bicyclic) bond motifs is 1. The van der Waals surface area contributed by atoms with Crippen molar-refractivity contribution in [1.29, 1.82) is 5.26 Å². The molecule has 35 heavy (non-hydrogen) atoms. The molecule has 2 heterocycles. The molecule has 0 bridgehead atoms. The predicted molar refractivity (Wildman–Crippen MR) is 151 cm³/mol. The van der Waals surface area contributed by atoms with Gasteiger partial charge in [0.05, 0.1) is 22.2 Å². The molecule has 1 amide bonds. The van der Waals surface area contributed by atoms with Gasteiger partial charge in [-0.25, -0.2) is 0 Å². The topological polar surface area (TPSA) is 49.0 Å². The molecule has 4 nitrogen and oxygen atoms in total. The monoisotopic (exact) mass is 511 g/mol. The van der Waals surface area contributed by atoms with Crippen molar-refractivity contribution in [3.05, 3.63) is 100 Å². The number of benzene rings is 3. The summed E-state index contributed by atoms with van der Waals surface area (Å²) >= 11 is 8.57. The summed E-state index contributed by atoms with van der Waals surface area (Å²) in [6, 6.07) is 26.0. The first-order chi connectivity index (χ1) is 17.0. The van der Waals surface area contributed by atoms with Crippen molar-refractivity contribution in [2.75, 3.05) is 11.2 Å². The molecule has 1 aromatic heterocycles. The molecule has 0 unspecified atom stereocenters. The highest BCUT2D eigenvalue weighted by Crippen LogP contribution is 2.39. The van der Waals surface area contributed by atoms with Crippen LogP contribution in [0.4, 0.5) is 5.69 Å². The van der Waals surface area contributed by atoms with Crippen LogP contribution in [-0.4, -0.2) is 21.1 Å². The van der Waals surface area contributed by atoms with E-state index in [1.165, 1.54) is 11.8 Å². The molecule has 0 spiro atoms. The zero-order valence-corrected chi connectivity index (χ0v) is 21.6. The van der Waals surface area contributed by atoms with Gasteiger partial charge >= 0.3 is 0 Å². The SMILES string of the molecule is CSc1cccc(N2C(=O)/C(=C/c3c(C)n(Cc4ccccc4C#N)c4ccccc34)SC2=S)c1. The van der Waals surface area contributed by atoms with Crippen LogP contribution >= 0.6 is 35.7 Å². The van der Waals surface area contributed by atoms with Gasteiger partial charge in [-0.2, -0.15) is 5.26 Å². The van der Waals surface area contributed by atoms with Gasteiger partial charge in [-0.3, -0.25) is 9.69 Å². The summed E-state index contributed by atoms with van der Waals surface area (Å²) in [5.41, 5.74) is 5.51. The molecule has 1 aliphatic heterocycles. The lowest BCUT2D eigenvalue weighted by molar-refractivity contribution is -0.113. The van der Waals surface area contributed by atoms with E-state index in [2.05, 4.69) is 29.7 Å². The Labute approximate surface area is 218 Å². The quantitative estimate of drug-likeness (QED) is 0.164. The highest BCUT2D eigenvalue weighted by molar-refractivity contribution is 8.27. The van der Waals surface area contributed by atoms with Crippen molar-refractivity contribution in [1.82, 2.24) is 4.57 Å². The van der Waals surface area contributed by atoms with Crippen LogP contribution in [-0.2, 0) is 11.3 Å². The third-order valence-corrected chi connectivity index (χ3v) is 8.15. The second kappa shape index (κ2) is 9.74. The fourth-order valence-corrected chi connectivity index (χ4v) is 6.09. The molecular formula is C28H21N3OS3. The van der Waals surface area contributed by atoms with Crippen LogP contribution in [0.2, 0.25) is 0 Å². The Hall–Kier alpha value is -3.31. The maximum atomic E-state index is 13.4. The number of aromatic nitrogens is 1. The minimum absolute atomic E-state index is 0.107. The van der Waals surface area contributed by atoms with Gasteiger partial charge in [0, 0.05) is 33.6 Å². The van der Waals surface area contributed by atoms with E-state index in [9.17, 15) is 10.1 Å². The summed E-state index contributed by atoms with van der Waals surface area (Å²) in [5, 5.41) is 10.6. The number of nitriles is 1. The van der Waals surface area contributed by atoms with Crippen molar-refractivity contribution in [3.8, 4) is 6.07 Å². The van der Waals surface area contributed by atoms with E-state index in [0.717, 1.165) is 38.3 Å². The van der Waals surface area contributed by atoms with E-state index in [-0.39, 0.29) is 5.91 Å². The molecule has 0 saturated carbocycles. The maximum Gasteiger partial charge on any atom is 0.270 e. The molecule has 172 valence electrons. The van der Waals surface area contributed by atoms with E-state index in [1.54, 1.807) is 16.7 Å². The van der Waals surface area contributed by atoms with Crippen LogP contribution < -0.4 is 4.90 Å². The van der Waals surface area contributed by atoms with Crippen molar-refractivity contribution < 1.29 is 4.79 Å². The van der Waals surface area contributed by atoms with E-state index in [0.29, 0.717) is 21.3 Å². The number of thioether (sulfide) groups is 2. The zero-order valence-electron chi connectivity index (χ0n) is 19.2. The smallest absolute Gasteiger partial charge is 0.270 e. The van der Waals surface area contributed by atoms with Gasteiger partial charge in [-0.05, 0) is 55.2 Å². The molecule has 4 aromatic rings. The minimum atomic E-state index is -0.107. The average Bonchev–Trinajstić information content (AvgIpc) is 3.31. The molecule has 1 fully saturated rings. The summed E-state index contributed by atoms with van der Waals surface area (Å²) in [6.45, 7) is 2.63. The van der Waals surface area contributed by atoms with Crippen molar-refractivity contribution in [2.24, 2.45) is 0 Å². The van der Waals surface area contributed by atoms with Crippen molar-refractivity contribution >= 4 is 68.6 Å². The van der Waals surface area contributed by atoms with E-state index in [4.69, 9.17) is 12.2 Å². The van der Waals surface area contributed by atoms with Crippen LogP contribution in [0, 0.1) is 18.3 Å². The maximum absolute atomic E-state index is 13.4. The second-order valence-electron chi connectivity index (χ2n) is 8.09. The Morgan fingerprint density at radius 1 is 1.09 bits per heavy atom. The largest absolute Gasteiger partial charge is 0.340 e. The average molecular weight is 512 g/mol. The first-order valence-electron chi connectivity index (χ1n) is 11.0. The normalized spacial score (nSPS) is 14.8. The summed E-state index contributed by atoms with van der Waals surface area (Å²) in [4.78, 5) is 16.7. The van der Waals surface area contributed by atoms with Crippen LogP contribution in [0.5, 0.6) is 0 Å². The molecular weight excluding hydrogens is 491 g/mol. The number of hydrogen-bond acceptors (Lipinski definition) is 5. The van der Waals surface area contributed by atoms with E-state index >= 15 is 0 Å². The highest BCUT2D eigenvalue weighted by atomic mass is 32.2. The third kappa shape index (κ3) is 4.30. The molecule has 0 atom stereocenters. The molecule has 1 saturated heterocycles. The van der Waals surface area contributed by atoms with Crippen LogP contribution in [0.1, 0.15) is 22.4 Å². The first-order valence-corrected chi connectivity index (χ1v) is 13.4. The lowest BCUT2D eigenvalue weighted by Crippen LogP contribution is -2.27. The fourth-order valence-electron chi connectivity index (χ4n) is 4.35. The predicted octanol–water partition coefficient (Wildman–Crippen LogP) is 7.00. The second-order valence-corrected chi connectivity index (χ2v) is 10.6. The Kier molecular flexibility index (Phi) is 6.52. The molecule has 0 radical (unpaired) electrons. The number of thiocarbonyl (C=S) groups is 1. The van der Waals surface area contributed by atoms with Gasteiger partial charge in [-0.15, -0.1) is 11.8 Å². The molecule has 0 N–H and O–H groups in total. The number of rotatable bonds is 5. The standard InChI is InChI=1S/C28H21N3OS3/c1-18-24(15-26-27(32)31(28(33)35-26)21-10-7-11-22(14-21)34-2)23-12-5-6-13-25(23)30(18)17-20-9-4-3-8-19(20)16-29/h3-15H,17H2,1-2H3/b26-15-. The Bertz CT molecular complexity index is 1560. The summed E-state index contributed by atoms with van der Waals surface area (Å²) < 4.78 is 2.74. The van der Waals surface area contributed by atoms with Crippen LogP contribution in [0.25, 0.3) is 17.0 Å². The number of hydrogen-bond donors (Lipinski definition) is 0. The Morgan fingerprint density at radius 2 is 1.86 bits per heavy atom. The summed E-state index contributed by atoms with van der Waals surface area (Å²) in [6.07, 6.45) is 3.97. The van der Waals surface area contributed by atoms with Crippen LogP contribution in [0.3, 0.4) is 0 Å². The van der Waals surface area contributed by atoms with Gasteiger partial charge in [0.2, 0.25) is 0 Å². The minimum Gasteiger partial charge on any atom is -0.340 e. The molecule has 7 heteroatoms. The number of carbonyl (C=O) groups excluding carboxylic acids is 1. The van der Waals surface area contributed by atoms with Crippen molar-refractivity contribution in [3.63, 3.8) is 0 Å². The summed E-state index contributed by atoms with van der Waals surface area (Å²) in [7, 11) is 0. The number of amides is 1. The lowest BCUT2D eigenvalue weighted by atomic mass is 10.1. The molecule has 1 aliphatic rings. The molecule has 0 aliphatic carbocycles. The third-order valence-electron chi connectivity index (χ3n) is 6.13. The first kappa shape index (κ1) is 23.4. The highest BCUT2D eigenvalue weighted by Gasteiger charge is 2.34. The van der Waals surface area contributed by atoms with Gasteiger partial charge in [0.1, 0.15) is 0 Å². The van der Waals surface area contributed by atoms with E-state index in [1.807, 2.05) is 73.0 Å². The number of para-hydroxylation sites is 1. The van der Waals surface area contributed by atoms with Crippen molar-refractivity contribution in [2.45, 2.75) is 18.4 Å². The fraction of sp³-hybridized carbons (Fsp3) is 0.107. The Balaban J connectivity index is 1.57. The lowest BCUT2D eigenvalue weighted by Gasteiger charge is -2.15. The summed E-state index contributed by atoms with van der Waals surface area (Å²) in [5.74, 6) is -0.107. The molecule has 3 aromatic carbocycles. The molecule has 5 rings (SSSR count). The zero-order chi connectivity index (χ0) is 24.5. The van der Waals surface area contributed by atoms with Gasteiger partial charge in [0.15, 0.2) is 4.32 Å². The van der Waals surface area contributed by atoms with Gasteiger partial charge in [0.25, 0.3) is 5.91 Å².